The predicted molar refractivity (Wildman–Crippen MR) is 41.7 cm³/mol. The third-order valence-corrected chi connectivity index (χ3v) is 4.02. The normalized spacial score (nSPS) is 20.0. The van der Waals surface area contributed by atoms with Crippen molar-refractivity contribution in [2.24, 2.45) is 0 Å². The Labute approximate surface area is 51.8 Å². The van der Waals surface area contributed by atoms with Crippen LogP contribution in [-0.2, 0) is 0 Å². The van der Waals surface area contributed by atoms with E-state index in [0.717, 1.165) is 0 Å². The van der Waals surface area contributed by atoms with Crippen molar-refractivity contribution in [2.45, 2.75) is 0 Å². The molecular formula is C4H5IS. The van der Waals surface area contributed by atoms with Crippen molar-refractivity contribution >= 4 is 35.8 Å². The van der Waals surface area contributed by atoms with Crippen molar-refractivity contribution in [3.05, 3.63) is 11.5 Å². The molecule has 0 saturated heterocycles. The molecule has 1 aliphatic heterocycles. The van der Waals surface area contributed by atoms with Gasteiger partial charge in [-0.25, -0.2) is 0 Å². The fraction of sp³-hybridized carbons (Fsp3) is 0.250. The lowest BCUT2D eigenvalue weighted by atomic mass is 10.8. The van der Waals surface area contributed by atoms with Gasteiger partial charge < -0.3 is 0 Å². The molecule has 0 unspecified atom stereocenters. The van der Waals surface area contributed by atoms with Crippen LogP contribution in [0, 0.1) is 0 Å². The first kappa shape index (κ1) is 4.84. The highest BCUT2D eigenvalue weighted by molar-refractivity contribution is 14.2. The highest BCUT2D eigenvalue weighted by Gasteiger charge is 1.77. The van der Waals surface area contributed by atoms with E-state index >= 15 is 0 Å². The maximum absolute atomic E-state index is 2.33. The Hall–Kier alpha value is 0.690. The highest BCUT2D eigenvalue weighted by atomic mass is 127. The average Bonchev–Trinajstić information content (AvgIpc) is 1.72. The molecule has 0 radical (unpaired) electrons. The van der Waals surface area contributed by atoms with Crippen LogP contribution in [0.5, 0.6) is 0 Å². The second kappa shape index (κ2) is 2.80. The highest BCUT2D eigenvalue weighted by Crippen LogP contribution is 2.11. The molecule has 1 rings (SSSR count). The molecule has 0 aromatic heterocycles. The van der Waals surface area contributed by atoms with Gasteiger partial charge in [-0.1, -0.05) is 6.08 Å². The molecular weight excluding hydrogens is 207 g/mol. The number of rotatable bonds is 0. The van der Waals surface area contributed by atoms with Gasteiger partial charge in [0.05, 0.1) is 0 Å². The first-order valence-electron chi connectivity index (χ1n) is 1.70. The fourth-order valence-electron chi connectivity index (χ4n) is 0.246. The molecule has 0 aromatic rings. The minimum Gasteiger partial charge on any atom is -0.111 e. The van der Waals surface area contributed by atoms with Gasteiger partial charge >= 0.3 is 0 Å². The van der Waals surface area contributed by atoms with Crippen molar-refractivity contribution in [3.63, 3.8) is 0 Å². The van der Waals surface area contributed by atoms with E-state index < -0.39 is 0 Å². The van der Waals surface area contributed by atoms with E-state index in [2.05, 4.69) is 14.8 Å². The first-order chi connectivity index (χ1) is 3.00. The molecule has 0 atom stereocenters. The van der Waals surface area contributed by atoms with E-state index in [1.807, 2.05) is 11.8 Å². The topological polar surface area (TPSA) is 0 Å². The van der Waals surface area contributed by atoms with E-state index in [1.165, 1.54) is 4.43 Å². The molecule has 0 nitrogen and oxygen atoms in total. The Balaban J connectivity index is 2.40. The number of allylic oxidation sites excluding steroid dienone is 1. The minimum atomic E-state index is 0.466. The predicted octanol–water partition coefficient (Wildman–Crippen LogP) is 1.98. The molecule has 1 aliphatic rings. The maximum Gasteiger partial charge on any atom is 0.0141 e. The number of hydrogen-bond acceptors (Lipinski definition) is 1. The molecule has 0 bridgehead atoms. The van der Waals surface area contributed by atoms with Crippen LogP contribution < -0.4 is 0 Å². The summed E-state index contributed by atoms with van der Waals surface area (Å²) < 4.78 is 3.69. The van der Waals surface area contributed by atoms with Crippen LogP contribution in [0.4, 0.5) is 0 Å². The lowest BCUT2D eigenvalue weighted by Gasteiger charge is -1.86. The lowest BCUT2D eigenvalue weighted by Crippen LogP contribution is -1.64. The Morgan fingerprint density at radius 1 is 1.67 bits per heavy atom. The van der Waals surface area contributed by atoms with Crippen LogP contribution in [0.15, 0.2) is 11.5 Å². The van der Waals surface area contributed by atoms with Gasteiger partial charge in [0, 0.05) is 7.77 Å². The summed E-state index contributed by atoms with van der Waals surface area (Å²) in [6.45, 7) is 0. The summed E-state index contributed by atoms with van der Waals surface area (Å²) in [7, 11) is 0. The van der Waals surface area contributed by atoms with E-state index in [1.54, 1.807) is 0 Å². The molecule has 0 aliphatic carbocycles. The van der Waals surface area contributed by atoms with E-state index in [4.69, 9.17) is 0 Å². The van der Waals surface area contributed by atoms with Crippen LogP contribution in [0.1, 0.15) is 0 Å². The van der Waals surface area contributed by atoms with Gasteiger partial charge in [-0.15, -0.1) is 32.5 Å². The second-order valence-corrected chi connectivity index (χ2v) is 4.92. The van der Waals surface area contributed by atoms with Crippen LogP contribution in [0.2, 0.25) is 0 Å². The summed E-state index contributed by atoms with van der Waals surface area (Å²) in [5.41, 5.74) is 0. The zero-order chi connectivity index (χ0) is 4.24. The summed E-state index contributed by atoms with van der Waals surface area (Å²) in [4.78, 5) is 0. The van der Waals surface area contributed by atoms with Gasteiger partial charge in [0.25, 0.3) is 0 Å². The van der Waals surface area contributed by atoms with Crippen molar-refractivity contribution in [2.75, 3.05) is 4.43 Å². The molecule has 2 heteroatoms. The number of thioether (sulfide) groups is 1. The lowest BCUT2D eigenvalue weighted by molar-refractivity contribution is 1.89. The van der Waals surface area contributed by atoms with E-state index in [9.17, 15) is 0 Å². The number of hydrogen-bond donors (Lipinski definition) is 0. The van der Waals surface area contributed by atoms with Gasteiger partial charge in [0.1, 0.15) is 0 Å². The smallest absolute Gasteiger partial charge is 0.0141 e. The van der Waals surface area contributed by atoms with Crippen LogP contribution in [-0.4, -0.2) is 7.77 Å². The molecule has 34 valence electrons. The van der Waals surface area contributed by atoms with E-state index in [0.29, 0.717) is 20.7 Å². The molecule has 0 amide bonds. The van der Waals surface area contributed by atoms with Crippen molar-refractivity contribution < 1.29 is 0 Å². The van der Waals surface area contributed by atoms with Crippen molar-refractivity contribution in [1.29, 1.82) is 0 Å². The molecule has 0 saturated carbocycles. The monoisotopic (exact) mass is 212 g/mol. The zero-order valence-corrected chi connectivity index (χ0v) is 6.20. The molecule has 0 N–H and O–H groups in total. The summed E-state index contributed by atoms with van der Waals surface area (Å²) in [6.07, 6.45) is 2.25. The average molecular weight is 212 g/mol. The van der Waals surface area contributed by atoms with Crippen LogP contribution >= 0.6 is 32.5 Å². The number of alkyl halides is 1. The van der Waals surface area contributed by atoms with Gasteiger partial charge in [-0.05, 0) is 5.41 Å². The summed E-state index contributed by atoms with van der Waals surface area (Å²) in [6, 6.07) is 0. The quantitative estimate of drug-likeness (QED) is 0.437. The van der Waals surface area contributed by atoms with Gasteiger partial charge in [0.2, 0.25) is 0 Å². The summed E-state index contributed by atoms with van der Waals surface area (Å²) >= 11 is 2.30. The Kier molecular flexibility index (Phi) is 2.26. The molecule has 0 aromatic carbocycles. The molecule has 6 heavy (non-hydrogen) atoms. The van der Waals surface area contributed by atoms with E-state index in [-0.39, 0.29) is 0 Å². The Morgan fingerprint density at radius 2 is 2.67 bits per heavy atom. The van der Waals surface area contributed by atoms with Crippen molar-refractivity contribution in [1.82, 2.24) is 0 Å². The first-order valence-corrected chi connectivity index (χ1v) is 5.41. The SMILES string of the molecule is C1=CSC=IC1. The Bertz CT molecular complexity index is 65.5. The molecule has 1 heterocycles. The van der Waals surface area contributed by atoms with Crippen LogP contribution in [0.3, 0.4) is 0 Å². The standard InChI is InChI=1S/C4H5IS/c1-2-5-4-6-3-1/h1,3-4H,2H2. The third kappa shape index (κ3) is 1.43. The summed E-state index contributed by atoms with van der Waals surface area (Å²) in [5.74, 6) is 0. The second-order valence-electron chi connectivity index (χ2n) is 0.906. The zero-order valence-electron chi connectivity index (χ0n) is 3.23. The fourth-order valence-corrected chi connectivity index (χ4v) is 3.31. The third-order valence-electron chi connectivity index (χ3n) is 0.467. The molecule has 0 spiro atoms. The number of halogens is 1. The van der Waals surface area contributed by atoms with Gasteiger partial charge in [0.15, 0.2) is 0 Å². The maximum atomic E-state index is 2.33. The largest absolute Gasteiger partial charge is 0.111 e. The van der Waals surface area contributed by atoms with Gasteiger partial charge in [-0.2, -0.15) is 0 Å². The minimum absolute atomic E-state index is 0.466. The summed E-state index contributed by atoms with van der Waals surface area (Å²) in [5, 5.41) is 2.16. The van der Waals surface area contributed by atoms with Crippen LogP contribution in [0.25, 0.3) is 0 Å². The molecule has 0 fully saturated rings. The van der Waals surface area contributed by atoms with Crippen molar-refractivity contribution in [3.8, 4) is 0 Å². The van der Waals surface area contributed by atoms with Gasteiger partial charge in [-0.3, -0.25) is 0 Å². The Morgan fingerprint density at radius 3 is 2.83 bits per heavy atom.